The van der Waals surface area contributed by atoms with Crippen LogP contribution in [0.3, 0.4) is 0 Å². The summed E-state index contributed by atoms with van der Waals surface area (Å²) in [6.07, 6.45) is 17.5. The van der Waals surface area contributed by atoms with E-state index in [1.165, 1.54) is 13.1 Å². The first-order valence-corrected chi connectivity index (χ1v) is 12.9. The van der Waals surface area contributed by atoms with Gasteiger partial charge in [-0.1, -0.05) is 37.6 Å². The molecule has 27 heavy (non-hydrogen) atoms. The Morgan fingerprint density at radius 3 is 2.63 bits per heavy atom. The number of Topliss-reactive ketones (excluding diaryl/α,β-unsaturated/α-hetero) is 1. The fraction of sp³-hybridized carbons (Fsp3) is 0.773. The molecule has 4 atom stereocenters. The Hall–Kier alpha value is -0.700. The van der Waals surface area contributed by atoms with Crippen molar-refractivity contribution in [2.45, 2.75) is 77.2 Å². The number of carbonyl (C=O) groups excluding carboxylic acids is 1. The number of ketones is 1. The van der Waals surface area contributed by atoms with Crippen LogP contribution in [0, 0.1) is 17.3 Å². The average Bonchev–Trinajstić information content (AvgIpc) is 2.90. The number of carbonyl (C=O) groups is 1. The molecular weight excluding hydrogens is 359 g/mol. The number of allylic oxidation sites excluding steroid dienone is 3. The highest BCUT2D eigenvalue weighted by atomic mass is 31.2. The molecule has 2 saturated carbocycles. The molecule has 2 aliphatic rings. The van der Waals surface area contributed by atoms with Crippen LogP contribution in [-0.4, -0.2) is 34.7 Å². The van der Waals surface area contributed by atoms with Crippen molar-refractivity contribution in [2.75, 3.05) is 12.8 Å². The predicted octanol–water partition coefficient (Wildman–Crippen LogP) is 5.10. The normalized spacial score (nSPS) is 28.5. The summed E-state index contributed by atoms with van der Waals surface area (Å²) in [6.45, 7) is 3.57. The van der Waals surface area contributed by atoms with Crippen LogP contribution in [-0.2, 0) is 9.36 Å². The minimum absolute atomic E-state index is 0.0496. The first-order chi connectivity index (χ1) is 12.8. The minimum atomic E-state index is -2.91. The van der Waals surface area contributed by atoms with E-state index in [4.69, 9.17) is 0 Å². The first kappa shape index (κ1) is 22.6. The zero-order valence-electron chi connectivity index (χ0n) is 17.0. The van der Waals surface area contributed by atoms with Gasteiger partial charge in [-0.15, -0.1) is 0 Å². The standard InChI is InChI=1S/C22H37O4P/c1-3-22(15-9-16-22)21(24)12-8-10-18-13-14-20(23)19(18)11-6-4-5-7-17-27(2,25)26/h4,6,8,10,18-19,21,24H,3,5,7,9,11-17H2,1-2H3,(H,25,26)/t18-,19+,21?/m0/s1. The van der Waals surface area contributed by atoms with Gasteiger partial charge in [0.1, 0.15) is 5.78 Å². The van der Waals surface area contributed by atoms with Crippen molar-refractivity contribution in [2.24, 2.45) is 17.3 Å². The van der Waals surface area contributed by atoms with E-state index >= 15 is 0 Å². The van der Waals surface area contributed by atoms with Crippen LogP contribution in [0.2, 0.25) is 0 Å². The molecule has 2 N–H and O–H groups in total. The van der Waals surface area contributed by atoms with Crippen molar-refractivity contribution < 1.29 is 19.4 Å². The molecule has 0 saturated heterocycles. The largest absolute Gasteiger partial charge is 0.392 e. The Labute approximate surface area is 164 Å². The molecule has 0 amide bonds. The van der Waals surface area contributed by atoms with Gasteiger partial charge in [-0.25, -0.2) is 0 Å². The number of aliphatic hydroxyl groups excluding tert-OH is 1. The maximum absolute atomic E-state index is 12.2. The molecule has 0 aromatic rings. The van der Waals surface area contributed by atoms with Crippen molar-refractivity contribution in [3.8, 4) is 0 Å². The van der Waals surface area contributed by atoms with E-state index in [0.717, 1.165) is 38.5 Å². The molecule has 5 heteroatoms. The molecule has 154 valence electrons. The average molecular weight is 397 g/mol. The van der Waals surface area contributed by atoms with E-state index in [0.29, 0.717) is 31.2 Å². The summed E-state index contributed by atoms with van der Waals surface area (Å²) in [5.41, 5.74) is 0.134. The molecular formula is C22H37O4P. The molecule has 2 unspecified atom stereocenters. The third kappa shape index (κ3) is 6.69. The molecule has 2 fully saturated rings. The monoisotopic (exact) mass is 396 g/mol. The topological polar surface area (TPSA) is 74.6 Å². The van der Waals surface area contributed by atoms with Crippen LogP contribution in [0.1, 0.15) is 71.1 Å². The fourth-order valence-electron chi connectivity index (χ4n) is 4.52. The van der Waals surface area contributed by atoms with Crippen LogP contribution in [0.25, 0.3) is 0 Å². The van der Waals surface area contributed by atoms with Gasteiger partial charge in [0.15, 0.2) is 7.37 Å². The van der Waals surface area contributed by atoms with Gasteiger partial charge in [0.25, 0.3) is 0 Å². The number of aliphatic hydroxyl groups is 1. The summed E-state index contributed by atoms with van der Waals surface area (Å²) in [7, 11) is -2.91. The molecule has 0 heterocycles. The van der Waals surface area contributed by atoms with E-state index in [2.05, 4.69) is 25.2 Å². The highest BCUT2D eigenvalue weighted by molar-refractivity contribution is 7.57. The predicted molar refractivity (Wildman–Crippen MR) is 111 cm³/mol. The van der Waals surface area contributed by atoms with E-state index in [-0.39, 0.29) is 23.4 Å². The van der Waals surface area contributed by atoms with Crippen molar-refractivity contribution in [1.29, 1.82) is 0 Å². The van der Waals surface area contributed by atoms with Gasteiger partial charge in [-0.2, -0.15) is 0 Å². The maximum atomic E-state index is 12.2. The van der Waals surface area contributed by atoms with Crippen molar-refractivity contribution >= 4 is 13.2 Å². The second-order valence-electron chi connectivity index (χ2n) is 8.65. The van der Waals surface area contributed by atoms with Crippen LogP contribution >= 0.6 is 7.37 Å². The lowest BCUT2D eigenvalue weighted by atomic mass is 9.63. The van der Waals surface area contributed by atoms with Crippen LogP contribution < -0.4 is 0 Å². The molecule has 0 aromatic carbocycles. The summed E-state index contributed by atoms with van der Waals surface area (Å²) in [4.78, 5) is 21.5. The van der Waals surface area contributed by atoms with E-state index in [9.17, 15) is 19.4 Å². The van der Waals surface area contributed by atoms with Gasteiger partial charge in [0, 0.05) is 25.2 Å². The molecule has 0 bridgehead atoms. The molecule has 4 nitrogen and oxygen atoms in total. The van der Waals surface area contributed by atoms with Crippen molar-refractivity contribution in [3.63, 3.8) is 0 Å². The second kappa shape index (κ2) is 10.2. The van der Waals surface area contributed by atoms with Gasteiger partial charge < -0.3 is 10.00 Å². The zero-order valence-corrected chi connectivity index (χ0v) is 17.9. The highest BCUT2D eigenvalue weighted by Crippen LogP contribution is 2.47. The number of unbranched alkanes of at least 4 members (excludes halogenated alkanes) is 1. The quantitative estimate of drug-likeness (QED) is 0.290. The van der Waals surface area contributed by atoms with E-state index in [1.54, 1.807) is 0 Å². The number of hydrogen-bond donors (Lipinski definition) is 2. The van der Waals surface area contributed by atoms with Crippen molar-refractivity contribution in [1.82, 2.24) is 0 Å². The van der Waals surface area contributed by atoms with Gasteiger partial charge in [-0.05, 0) is 62.7 Å². The Morgan fingerprint density at radius 2 is 2.04 bits per heavy atom. The summed E-state index contributed by atoms with van der Waals surface area (Å²) in [6, 6.07) is 0. The lowest BCUT2D eigenvalue weighted by molar-refractivity contribution is -0.120. The van der Waals surface area contributed by atoms with Crippen LogP contribution in [0.15, 0.2) is 24.3 Å². The second-order valence-corrected chi connectivity index (χ2v) is 11.2. The zero-order chi connectivity index (χ0) is 19.9. The van der Waals surface area contributed by atoms with Gasteiger partial charge in [-0.3, -0.25) is 9.36 Å². The lowest BCUT2D eigenvalue weighted by Crippen LogP contribution is -2.40. The first-order valence-electron chi connectivity index (χ1n) is 10.6. The smallest absolute Gasteiger partial charge is 0.197 e. The molecule has 0 radical (unpaired) electrons. The summed E-state index contributed by atoms with van der Waals surface area (Å²) in [5, 5.41) is 10.5. The van der Waals surface area contributed by atoms with Gasteiger partial charge >= 0.3 is 0 Å². The summed E-state index contributed by atoms with van der Waals surface area (Å²) < 4.78 is 11.3. The van der Waals surface area contributed by atoms with E-state index < -0.39 is 7.37 Å². The fourth-order valence-corrected chi connectivity index (χ4v) is 5.29. The molecule has 2 aliphatic carbocycles. The van der Waals surface area contributed by atoms with Crippen molar-refractivity contribution in [3.05, 3.63) is 24.3 Å². The summed E-state index contributed by atoms with van der Waals surface area (Å²) in [5.74, 6) is 0.669. The Morgan fingerprint density at radius 1 is 1.30 bits per heavy atom. The van der Waals surface area contributed by atoms with Crippen LogP contribution in [0.5, 0.6) is 0 Å². The third-order valence-electron chi connectivity index (χ3n) is 6.66. The Kier molecular flexibility index (Phi) is 8.52. The van der Waals surface area contributed by atoms with Gasteiger partial charge in [0.05, 0.1) is 6.10 Å². The molecule has 0 aliphatic heterocycles. The molecule has 0 aromatic heterocycles. The Bertz CT molecular complexity index is 580. The molecule has 2 rings (SSSR count). The Balaban J connectivity index is 1.77. The third-order valence-corrected chi connectivity index (χ3v) is 7.80. The SMILES string of the molecule is CCC1(C(O)CC=C[C@H]2CCC(=O)[C@@H]2CC=CCCCP(C)(=O)O)CCC1. The minimum Gasteiger partial charge on any atom is -0.392 e. The number of hydrogen-bond acceptors (Lipinski definition) is 3. The number of rotatable bonds is 11. The summed E-state index contributed by atoms with van der Waals surface area (Å²) >= 11 is 0. The maximum Gasteiger partial charge on any atom is 0.197 e. The van der Waals surface area contributed by atoms with E-state index in [1.807, 2.05) is 6.08 Å². The lowest BCUT2D eigenvalue weighted by Gasteiger charge is -2.45. The van der Waals surface area contributed by atoms with Gasteiger partial charge in [0.2, 0.25) is 0 Å². The highest BCUT2D eigenvalue weighted by Gasteiger charge is 2.41. The molecule has 0 spiro atoms. The van der Waals surface area contributed by atoms with Crippen LogP contribution in [0.4, 0.5) is 0 Å².